The fourth-order valence-electron chi connectivity index (χ4n) is 1.80. The van der Waals surface area contributed by atoms with E-state index in [1.165, 1.54) is 19.3 Å². The smallest absolute Gasteiger partial charge is 0.224 e. The highest BCUT2D eigenvalue weighted by Gasteiger charge is 2.10. The van der Waals surface area contributed by atoms with E-state index in [4.69, 9.17) is 5.73 Å². The van der Waals surface area contributed by atoms with Crippen LogP contribution in [0.25, 0.3) is 0 Å². The number of benzene rings is 1. The Hall–Kier alpha value is -0.550. The molecule has 1 rings (SSSR count). The molecule has 106 valence electrons. The fourth-order valence-corrected chi connectivity index (χ4v) is 3.22. The van der Waals surface area contributed by atoms with Crippen molar-refractivity contribution in [1.82, 2.24) is 0 Å². The third-order valence-corrected chi connectivity index (χ3v) is 4.09. The van der Waals surface area contributed by atoms with Crippen LogP contribution in [0.5, 0.6) is 0 Å². The molecule has 0 aliphatic heterocycles. The third kappa shape index (κ3) is 5.95. The number of hydrogen-bond donors (Lipinski definition) is 2. The summed E-state index contributed by atoms with van der Waals surface area (Å²) in [6, 6.07) is 3.56. The summed E-state index contributed by atoms with van der Waals surface area (Å²) in [4.78, 5) is 11.9. The number of unbranched alkanes of at least 4 members (excludes halogenated alkanes) is 4. The molecule has 0 aliphatic rings. The minimum atomic E-state index is 0.0441. The number of carbonyl (C=O) groups is 1. The zero-order valence-corrected chi connectivity index (χ0v) is 14.3. The van der Waals surface area contributed by atoms with Crippen LogP contribution in [0.4, 0.5) is 11.4 Å². The first kappa shape index (κ1) is 16.5. The van der Waals surface area contributed by atoms with Gasteiger partial charge in [-0.2, -0.15) is 0 Å². The average Bonchev–Trinajstić information content (AvgIpc) is 2.33. The van der Waals surface area contributed by atoms with Crippen molar-refractivity contribution in [2.75, 3.05) is 11.1 Å². The predicted octanol–water partition coefficient (Wildman–Crippen LogP) is 5.09. The van der Waals surface area contributed by atoms with E-state index in [2.05, 4.69) is 44.1 Å². The molecule has 1 amide bonds. The minimum Gasteiger partial charge on any atom is -0.399 e. The Kier molecular flexibility index (Phi) is 7.46. The van der Waals surface area contributed by atoms with Gasteiger partial charge in [-0.3, -0.25) is 4.79 Å². The lowest BCUT2D eigenvalue weighted by atomic mass is 10.1. The maximum Gasteiger partial charge on any atom is 0.224 e. The average molecular weight is 392 g/mol. The fraction of sp³-hybridized carbons (Fsp3) is 0.500. The second kappa shape index (κ2) is 8.59. The second-order valence-corrected chi connectivity index (χ2v) is 6.28. The van der Waals surface area contributed by atoms with E-state index < -0.39 is 0 Å². The van der Waals surface area contributed by atoms with Gasteiger partial charge >= 0.3 is 0 Å². The van der Waals surface area contributed by atoms with E-state index in [-0.39, 0.29) is 5.91 Å². The van der Waals surface area contributed by atoms with E-state index in [0.29, 0.717) is 12.1 Å². The summed E-state index contributed by atoms with van der Waals surface area (Å²) in [5.74, 6) is 0.0441. The van der Waals surface area contributed by atoms with E-state index in [0.717, 1.165) is 27.5 Å². The standard InChI is InChI=1S/C14H20Br2N2O/c1-2-3-4-5-6-7-13(19)18-14-11(15)8-10(17)9-12(14)16/h8-9H,2-7,17H2,1H3,(H,18,19). The highest BCUT2D eigenvalue weighted by molar-refractivity contribution is 9.11. The lowest BCUT2D eigenvalue weighted by molar-refractivity contribution is -0.116. The zero-order valence-electron chi connectivity index (χ0n) is 11.1. The molecule has 0 bridgehead atoms. The van der Waals surface area contributed by atoms with Crippen LogP contribution in [0.2, 0.25) is 0 Å². The number of nitrogens with two attached hydrogens (primary N) is 1. The Morgan fingerprint density at radius 3 is 2.32 bits per heavy atom. The van der Waals surface area contributed by atoms with Gasteiger partial charge in [0.2, 0.25) is 5.91 Å². The Labute approximate surface area is 131 Å². The molecule has 19 heavy (non-hydrogen) atoms. The van der Waals surface area contributed by atoms with E-state index in [1.807, 2.05) is 0 Å². The van der Waals surface area contributed by atoms with Gasteiger partial charge in [-0.25, -0.2) is 0 Å². The number of hydrogen-bond acceptors (Lipinski definition) is 2. The number of nitrogens with one attached hydrogen (secondary N) is 1. The molecule has 1 aromatic rings. The molecule has 0 unspecified atom stereocenters. The van der Waals surface area contributed by atoms with Gasteiger partial charge in [-0.1, -0.05) is 32.6 Å². The Balaban J connectivity index is 2.44. The van der Waals surface area contributed by atoms with Gasteiger partial charge in [0.05, 0.1) is 5.69 Å². The van der Waals surface area contributed by atoms with Crippen molar-refractivity contribution in [3.05, 3.63) is 21.1 Å². The molecule has 0 fully saturated rings. The van der Waals surface area contributed by atoms with E-state index in [9.17, 15) is 4.79 Å². The molecule has 0 atom stereocenters. The lowest BCUT2D eigenvalue weighted by Gasteiger charge is -2.10. The van der Waals surface area contributed by atoms with Crippen LogP contribution in [0.1, 0.15) is 45.4 Å². The lowest BCUT2D eigenvalue weighted by Crippen LogP contribution is -2.12. The number of nitrogen functional groups attached to an aromatic ring is 1. The van der Waals surface area contributed by atoms with Crippen LogP contribution in [0, 0.1) is 0 Å². The van der Waals surface area contributed by atoms with Crippen LogP contribution >= 0.6 is 31.9 Å². The summed E-state index contributed by atoms with van der Waals surface area (Å²) in [6.45, 7) is 2.18. The molecule has 0 radical (unpaired) electrons. The largest absolute Gasteiger partial charge is 0.399 e. The Bertz CT molecular complexity index is 412. The molecular formula is C14H20Br2N2O. The summed E-state index contributed by atoms with van der Waals surface area (Å²) >= 11 is 6.81. The van der Waals surface area contributed by atoms with Gasteiger partial charge in [0.15, 0.2) is 0 Å². The molecule has 0 saturated heterocycles. The topological polar surface area (TPSA) is 55.1 Å². The number of rotatable bonds is 7. The SMILES string of the molecule is CCCCCCCC(=O)Nc1c(Br)cc(N)cc1Br. The first-order valence-corrected chi connectivity index (χ1v) is 8.17. The first-order valence-electron chi connectivity index (χ1n) is 6.59. The van der Waals surface area contributed by atoms with E-state index in [1.54, 1.807) is 12.1 Å². The molecule has 3 nitrogen and oxygen atoms in total. The number of halogens is 2. The van der Waals surface area contributed by atoms with Gasteiger partial charge < -0.3 is 11.1 Å². The van der Waals surface area contributed by atoms with Crippen molar-refractivity contribution in [1.29, 1.82) is 0 Å². The summed E-state index contributed by atoms with van der Waals surface area (Å²) in [6.07, 6.45) is 6.29. The minimum absolute atomic E-state index is 0.0441. The maximum absolute atomic E-state index is 11.9. The van der Waals surface area contributed by atoms with Crippen molar-refractivity contribution < 1.29 is 4.79 Å². The van der Waals surface area contributed by atoms with Gasteiger partial charge in [0.25, 0.3) is 0 Å². The summed E-state index contributed by atoms with van der Waals surface area (Å²) in [5.41, 5.74) is 7.11. The maximum atomic E-state index is 11.9. The quantitative estimate of drug-likeness (QED) is 0.502. The van der Waals surface area contributed by atoms with Crippen molar-refractivity contribution in [2.45, 2.75) is 45.4 Å². The summed E-state index contributed by atoms with van der Waals surface area (Å²) in [5, 5.41) is 2.91. The highest BCUT2D eigenvalue weighted by atomic mass is 79.9. The highest BCUT2D eigenvalue weighted by Crippen LogP contribution is 2.33. The second-order valence-electron chi connectivity index (χ2n) is 4.57. The van der Waals surface area contributed by atoms with E-state index >= 15 is 0 Å². The molecule has 0 aromatic heterocycles. The van der Waals surface area contributed by atoms with Crippen molar-refractivity contribution in [3.63, 3.8) is 0 Å². The first-order chi connectivity index (χ1) is 9.04. The van der Waals surface area contributed by atoms with Crippen LogP contribution in [-0.2, 0) is 4.79 Å². The molecule has 3 N–H and O–H groups in total. The van der Waals surface area contributed by atoms with Crippen molar-refractivity contribution in [3.8, 4) is 0 Å². The predicted molar refractivity (Wildman–Crippen MR) is 88.3 cm³/mol. The molecule has 0 saturated carbocycles. The molecule has 5 heteroatoms. The summed E-state index contributed by atoms with van der Waals surface area (Å²) in [7, 11) is 0. The van der Waals surface area contributed by atoms with Crippen molar-refractivity contribution in [2.24, 2.45) is 0 Å². The number of carbonyl (C=O) groups excluding carboxylic acids is 1. The molecule has 0 spiro atoms. The molecule has 1 aromatic carbocycles. The Morgan fingerprint density at radius 1 is 1.16 bits per heavy atom. The third-order valence-electron chi connectivity index (χ3n) is 2.84. The van der Waals surface area contributed by atoms with Crippen molar-refractivity contribution >= 4 is 49.1 Å². The van der Waals surface area contributed by atoms with Gasteiger partial charge in [-0.05, 0) is 50.4 Å². The monoisotopic (exact) mass is 390 g/mol. The number of anilines is 2. The molecule has 0 aliphatic carbocycles. The van der Waals surface area contributed by atoms with Crippen LogP contribution in [0.3, 0.4) is 0 Å². The van der Waals surface area contributed by atoms with Gasteiger partial charge in [-0.15, -0.1) is 0 Å². The molecule has 0 heterocycles. The van der Waals surface area contributed by atoms with Crippen LogP contribution in [0.15, 0.2) is 21.1 Å². The van der Waals surface area contributed by atoms with Crippen LogP contribution < -0.4 is 11.1 Å². The Morgan fingerprint density at radius 2 is 1.74 bits per heavy atom. The van der Waals surface area contributed by atoms with Gasteiger partial charge in [0.1, 0.15) is 0 Å². The van der Waals surface area contributed by atoms with Crippen LogP contribution in [-0.4, -0.2) is 5.91 Å². The normalized spacial score (nSPS) is 10.5. The number of amides is 1. The zero-order chi connectivity index (χ0) is 14.3. The van der Waals surface area contributed by atoms with Gasteiger partial charge in [0, 0.05) is 21.1 Å². The summed E-state index contributed by atoms with van der Waals surface area (Å²) < 4.78 is 1.58. The molecular weight excluding hydrogens is 372 g/mol.